The molecular formula is C20H24N2O3. The molecule has 0 saturated heterocycles. The standard InChI is InChI=1S/C20H24N2O3/c1-15(2)20(24)21-13-14-22(16(3)23)17-9-11-19(12-10-17)25-18-7-5-4-6-8-18/h4-12,15H,13-14H2,1-3H3,(H,21,24). The summed E-state index contributed by atoms with van der Waals surface area (Å²) < 4.78 is 5.75. The molecule has 0 saturated carbocycles. The van der Waals surface area contributed by atoms with Crippen molar-refractivity contribution in [2.75, 3.05) is 18.0 Å². The van der Waals surface area contributed by atoms with Crippen LogP contribution in [0.2, 0.25) is 0 Å². The third-order valence-corrected chi connectivity index (χ3v) is 3.67. The largest absolute Gasteiger partial charge is 0.457 e. The molecule has 1 N–H and O–H groups in total. The van der Waals surface area contributed by atoms with Gasteiger partial charge in [0.15, 0.2) is 0 Å². The van der Waals surface area contributed by atoms with Gasteiger partial charge < -0.3 is 15.0 Å². The Balaban J connectivity index is 1.99. The van der Waals surface area contributed by atoms with E-state index in [9.17, 15) is 9.59 Å². The van der Waals surface area contributed by atoms with E-state index in [0.29, 0.717) is 18.8 Å². The lowest BCUT2D eigenvalue weighted by molar-refractivity contribution is -0.124. The predicted molar refractivity (Wildman–Crippen MR) is 98.8 cm³/mol. The highest BCUT2D eigenvalue weighted by Gasteiger charge is 2.13. The van der Waals surface area contributed by atoms with Crippen molar-refractivity contribution in [1.82, 2.24) is 5.32 Å². The lowest BCUT2D eigenvalue weighted by Gasteiger charge is -2.22. The van der Waals surface area contributed by atoms with Crippen LogP contribution in [-0.4, -0.2) is 24.9 Å². The van der Waals surface area contributed by atoms with Crippen LogP contribution in [0.5, 0.6) is 11.5 Å². The van der Waals surface area contributed by atoms with Crippen LogP contribution in [0, 0.1) is 5.92 Å². The molecule has 25 heavy (non-hydrogen) atoms. The third-order valence-electron chi connectivity index (χ3n) is 3.67. The Labute approximate surface area is 148 Å². The Hall–Kier alpha value is -2.82. The van der Waals surface area contributed by atoms with Crippen LogP contribution in [0.1, 0.15) is 20.8 Å². The topological polar surface area (TPSA) is 58.6 Å². The summed E-state index contributed by atoms with van der Waals surface area (Å²) in [7, 11) is 0. The Morgan fingerprint density at radius 3 is 2.16 bits per heavy atom. The summed E-state index contributed by atoms with van der Waals surface area (Å²) in [6.45, 7) is 6.03. The Morgan fingerprint density at radius 2 is 1.60 bits per heavy atom. The fourth-order valence-corrected chi connectivity index (χ4v) is 2.28. The van der Waals surface area contributed by atoms with Crippen molar-refractivity contribution in [3.63, 3.8) is 0 Å². The molecule has 0 aliphatic rings. The zero-order valence-corrected chi connectivity index (χ0v) is 14.9. The Kier molecular flexibility index (Phi) is 6.57. The normalized spacial score (nSPS) is 10.4. The summed E-state index contributed by atoms with van der Waals surface area (Å²) in [5.74, 6) is 1.30. The number of nitrogens with one attached hydrogen (secondary N) is 1. The van der Waals surface area contributed by atoms with E-state index in [1.54, 1.807) is 4.90 Å². The van der Waals surface area contributed by atoms with E-state index in [-0.39, 0.29) is 17.7 Å². The molecule has 0 radical (unpaired) electrons. The van der Waals surface area contributed by atoms with E-state index in [4.69, 9.17) is 4.74 Å². The van der Waals surface area contributed by atoms with E-state index in [1.807, 2.05) is 68.4 Å². The number of carbonyl (C=O) groups is 2. The summed E-state index contributed by atoms with van der Waals surface area (Å²) in [5, 5.41) is 2.82. The van der Waals surface area contributed by atoms with Gasteiger partial charge in [0.25, 0.3) is 0 Å². The third kappa shape index (κ3) is 5.64. The number of rotatable bonds is 7. The van der Waals surface area contributed by atoms with Gasteiger partial charge in [0.05, 0.1) is 0 Å². The molecule has 132 valence electrons. The van der Waals surface area contributed by atoms with Gasteiger partial charge in [-0.15, -0.1) is 0 Å². The summed E-state index contributed by atoms with van der Waals surface area (Å²) >= 11 is 0. The van der Waals surface area contributed by atoms with Crippen LogP contribution in [0.15, 0.2) is 54.6 Å². The molecule has 0 heterocycles. The van der Waals surface area contributed by atoms with Crippen LogP contribution in [-0.2, 0) is 9.59 Å². The molecule has 2 amide bonds. The molecule has 2 rings (SSSR count). The summed E-state index contributed by atoms with van der Waals surface area (Å²) in [6.07, 6.45) is 0. The Bertz CT molecular complexity index is 697. The first-order valence-electron chi connectivity index (χ1n) is 8.36. The first-order valence-corrected chi connectivity index (χ1v) is 8.36. The average molecular weight is 340 g/mol. The number of ether oxygens (including phenoxy) is 1. The predicted octanol–water partition coefficient (Wildman–Crippen LogP) is 3.60. The zero-order valence-electron chi connectivity index (χ0n) is 14.9. The molecule has 0 fully saturated rings. The maximum atomic E-state index is 11.9. The number of hydrogen-bond acceptors (Lipinski definition) is 3. The van der Waals surface area contributed by atoms with Crippen LogP contribution in [0.4, 0.5) is 5.69 Å². The molecule has 0 atom stereocenters. The fourth-order valence-electron chi connectivity index (χ4n) is 2.28. The maximum absolute atomic E-state index is 11.9. The van der Waals surface area contributed by atoms with Gasteiger partial charge in [-0.3, -0.25) is 9.59 Å². The van der Waals surface area contributed by atoms with Crippen LogP contribution < -0.4 is 15.0 Å². The van der Waals surface area contributed by atoms with E-state index in [1.165, 1.54) is 6.92 Å². The average Bonchev–Trinajstić information content (AvgIpc) is 2.60. The Morgan fingerprint density at radius 1 is 1.00 bits per heavy atom. The minimum Gasteiger partial charge on any atom is -0.457 e. The van der Waals surface area contributed by atoms with Gasteiger partial charge in [0, 0.05) is 31.6 Å². The second-order valence-electron chi connectivity index (χ2n) is 6.03. The SMILES string of the molecule is CC(=O)N(CCNC(=O)C(C)C)c1ccc(Oc2ccccc2)cc1. The fraction of sp³-hybridized carbons (Fsp3) is 0.300. The summed E-state index contributed by atoms with van der Waals surface area (Å²) in [6, 6.07) is 16.8. The molecule has 2 aromatic rings. The molecule has 0 spiro atoms. The highest BCUT2D eigenvalue weighted by Crippen LogP contribution is 2.24. The number of hydrogen-bond donors (Lipinski definition) is 1. The lowest BCUT2D eigenvalue weighted by Crippen LogP contribution is -2.38. The monoisotopic (exact) mass is 340 g/mol. The molecule has 0 bridgehead atoms. The minimum atomic E-state index is -0.0736. The van der Waals surface area contributed by atoms with Crippen LogP contribution >= 0.6 is 0 Å². The summed E-state index contributed by atoms with van der Waals surface area (Å²) in [5.41, 5.74) is 0.770. The van der Waals surface area contributed by atoms with Gasteiger partial charge >= 0.3 is 0 Å². The van der Waals surface area contributed by atoms with E-state index in [0.717, 1.165) is 11.4 Å². The first kappa shape index (κ1) is 18.5. The number of anilines is 1. The van der Waals surface area contributed by atoms with Gasteiger partial charge in [0.1, 0.15) is 11.5 Å². The van der Waals surface area contributed by atoms with Gasteiger partial charge in [0.2, 0.25) is 11.8 Å². The smallest absolute Gasteiger partial charge is 0.223 e. The molecule has 0 aromatic heterocycles. The molecule has 5 heteroatoms. The van der Waals surface area contributed by atoms with Crippen molar-refractivity contribution in [3.05, 3.63) is 54.6 Å². The molecule has 5 nitrogen and oxygen atoms in total. The highest BCUT2D eigenvalue weighted by atomic mass is 16.5. The van der Waals surface area contributed by atoms with Crippen molar-refractivity contribution in [3.8, 4) is 11.5 Å². The van der Waals surface area contributed by atoms with Gasteiger partial charge in [-0.1, -0.05) is 32.0 Å². The minimum absolute atomic E-state index is 0.0184. The molecule has 0 unspecified atom stereocenters. The molecular weight excluding hydrogens is 316 g/mol. The van der Waals surface area contributed by atoms with Crippen molar-refractivity contribution in [1.29, 1.82) is 0 Å². The highest BCUT2D eigenvalue weighted by molar-refractivity contribution is 5.91. The van der Waals surface area contributed by atoms with Gasteiger partial charge in [-0.2, -0.15) is 0 Å². The second-order valence-corrected chi connectivity index (χ2v) is 6.03. The zero-order chi connectivity index (χ0) is 18.2. The van der Waals surface area contributed by atoms with E-state index in [2.05, 4.69) is 5.32 Å². The lowest BCUT2D eigenvalue weighted by atomic mass is 10.2. The van der Waals surface area contributed by atoms with Gasteiger partial charge in [-0.05, 0) is 36.4 Å². The van der Waals surface area contributed by atoms with Crippen molar-refractivity contribution < 1.29 is 14.3 Å². The van der Waals surface area contributed by atoms with Crippen molar-refractivity contribution >= 4 is 17.5 Å². The first-order chi connectivity index (χ1) is 12.0. The van der Waals surface area contributed by atoms with Crippen LogP contribution in [0.3, 0.4) is 0 Å². The number of para-hydroxylation sites is 1. The van der Waals surface area contributed by atoms with Crippen molar-refractivity contribution in [2.24, 2.45) is 5.92 Å². The maximum Gasteiger partial charge on any atom is 0.223 e. The quantitative estimate of drug-likeness (QED) is 0.838. The molecule has 0 aliphatic carbocycles. The van der Waals surface area contributed by atoms with Gasteiger partial charge in [-0.25, -0.2) is 0 Å². The molecule has 0 aliphatic heterocycles. The van der Waals surface area contributed by atoms with E-state index < -0.39 is 0 Å². The second kappa shape index (κ2) is 8.87. The van der Waals surface area contributed by atoms with Crippen LogP contribution in [0.25, 0.3) is 0 Å². The summed E-state index contributed by atoms with van der Waals surface area (Å²) in [4.78, 5) is 25.2. The number of carbonyl (C=O) groups excluding carboxylic acids is 2. The number of benzene rings is 2. The number of nitrogens with zero attached hydrogens (tertiary/aromatic N) is 1. The molecule has 2 aromatic carbocycles. The van der Waals surface area contributed by atoms with Crippen molar-refractivity contribution in [2.45, 2.75) is 20.8 Å². The number of amides is 2. The van der Waals surface area contributed by atoms with E-state index >= 15 is 0 Å².